The maximum absolute atomic E-state index is 13.5. The lowest BCUT2D eigenvalue weighted by Crippen LogP contribution is -2.56. The average Bonchev–Trinajstić information content (AvgIpc) is 2.42. The van der Waals surface area contributed by atoms with Crippen LogP contribution in [0.3, 0.4) is 0 Å². The minimum Gasteiger partial charge on any atom is -0.346 e. The number of rotatable bonds is 16. The van der Waals surface area contributed by atoms with Gasteiger partial charge in [0.1, 0.15) is 0 Å². The molecular formula is C67H93BrN12O3. The Morgan fingerprint density at radius 2 is 0.843 bits per heavy atom. The van der Waals surface area contributed by atoms with Gasteiger partial charge in [-0.05, 0) is 167 Å². The molecule has 6 heterocycles. The fourth-order valence-electron chi connectivity index (χ4n) is 17.4. The van der Waals surface area contributed by atoms with E-state index in [1.54, 1.807) is 0 Å². The number of aromatic nitrogens is 3. The Morgan fingerprint density at radius 1 is 0.518 bits per heavy atom. The molecule has 0 radical (unpaired) electrons. The largest absolute Gasteiger partial charge is 0.346 e. The standard InChI is InChI=1S/C67H93BrN12O3/c1-12-75(13-2)64(81)69-46-30-52-49-21-18-24-55-61(49)43(27-58(52)72(9)36-46)33-78(55)40-67(39-68,41(7)79-34-44-28-59-53(50-22-19-25-56(79)62(44)50)31-47(37-73(59)10)70-65(82)76(14-3)15-4)42(8)80-35-45-29-60-54(51-23-20-26-57(80)63(45)51)32-48(38-74(60)11)71-66(83)77(16-5)17-6/h18-26,33-35,41-42,46-48,52-54,58-60H,12-17,27-32,36-40H2,1-11H3,(H,69,81)(H,70,82)(H,71,83)/t41?,42?,46?,47?,48?,52?,53?,54?,58-,59-,60-,67?/m1/s1. The van der Waals surface area contributed by atoms with Crippen LogP contribution < -0.4 is 16.0 Å². The number of urea groups is 3. The van der Waals surface area contributed by atoms with E-state index in [9.17, 15) is 14.4 Å². The summed E-state index contributed by atoms with van der Waals surface area (Å²) in [5.41, 5.74) is 12.0. The molecule has 6 aromatic rings. The number of likely N-dealkylation sites (N-methyl/N-ethyl adjacent to an activating group) is 3. The van der Waals surface area contributed by atoms with Gasteiger partial charge in [0.05, 0.1) is 0 Å². The zero-order valence-electron chi connectivity index (χ0n) is 51.4. The second-order valence-corrected chi connectivity index (χ2v) is 26.5. The molecule has 3 aromatic carbocycles. The van der Waals surface area contributed by atoms with Crippen molar-refractivity contribution < 1.29 is 14.4 Å². The highest BCUT2D eigenvalue weighted by molar-refractivity contribution is 9.09. The Kier molecular flexibility index (Phi) is 16.1. The normalized spacial score (nSPS) is 26.4. The van der Waals surface area contributed by atoms with Gasteiger partial charge in [0.25, 0.3) is 0 Å². The zero-order chi connectivity index (χ0) is 58.3. The number of alkyl halides is 1. The molecule has 446 valence electrons. The van der Waals surface area contributed by atoms with E-state index in [-0.39, 0.29) is 53.7 Å². The number of hydrogen-bond acceptors (Lipinski definition) is 6. The lowest BCUT2D eigenvalue weighted by atomic mass is 9.74. The number of halogens is 1. The van der Waals surface area contributed by atoms with Crippen molar-refractivity contribution in [3.63, 3.8) is 0 Å². The van der Waals surface area contributed by atoms with Crippen LogP contribution in [0.1, 0.15) is 138 Å². The van der Waals surface area contributed by atoms with Crippen LogP contribution in [-0.2, 0) is 25.8 Å². The number of nitrogens with one attached hydrogen (secondary N) is 3. The van der Waals surface area contributed by atoms with Crippen molar-refractivity contribution in [2.45, 2.75) is 167 Å². The second kappa shape index (κ2) is 23.0. The molecule has 6 aliphatic rings. The number of piperidine rings is 3. The van der Waals surface area contributed by atoms with Gasteiger partial charge in [-0.3, -0.25) is 0 Å². The lowest BCUT2D eigenvalue weighted by Gasteiger charge is -2.46. The van der Waals surface area contributed by atoms with E-state index in [4.69, 9.17) is 0 Å². The number of amides is 6. The fraction of sp³-hybridized carbons (Fsp3) is 0.597. The number of carbonyl (C=O) groups is 3. The van der Waals surface area contributed by atoms with Crippen LogP contribution in [0, 0.1) is 5.41 Å². The number of likely N-dealkylation sites (tertiary alicyclic amines) is 3. The summed E-state index contributed by atoms with van der Waals surface area (Å²) >= 11 is 4.41. The summed E-state index contributed by atoms with van der Waals surface area (Å²) < 4.78 is 7.97. The van der Waals surface area contributed by atoms with Gasteiger partial charge in [-0.1, -0.05) is 52.3 Å². The van der Waals surface area contributed by atoms with Crippen molar-refractivity contribution in [2.24, 2.45) is 5.41 Å². The van der Waals surface area contributed by atoms with E-state index < -0.39 is 0 Å². The topological polar surface area (TPSA) is 122 Å². The van der Waals surface area contributed by atoms with E-state index in [1.807, 2.05) is 14.7 Å². The minimum atomic E-state index is -0.385. The second-order valence-electron chi connectivity index (χ2n) is 26.0. The number of fused-ring (bicyclic) bond motifs is 6. The fourth-order valence-corrected chi connectivity index (χ4v) is 18.5. The number of benzene rings is 3. The van der Waals surface area contributed by atoms with Crippen LogP contribution >= 0.6 is 15.9 Å². The van der Waals surface area contributed by atoms with E-state index >= 15 is 0 Å². The van der Waals surface area contributed by atoms with Crippen molar-refractivity contribution in [1.29, 1.82) is 0 Å². The predicted molar refractivity (Wildman–Crippen MR) is 340 cm³/mol. The summed E-state index contributed by atoms with van der Waals surface area (Å²) in [5, 5.41) is 15.3. The quantitative estimate of drug-likeness (QED) is 0.0830. The molecule has 11 atom stereocenters. The molecule has 3 aliphatic carbocycles. The Balaban J connectivity index is 0.949. The summed E-state index contributed by atoms with van der Waals surface area (Å²) in [6.07, 6.45) is 13.3. The van der Waals surface area contributed by atoms with Gasteiger partial charge >= 0.3 is 18.1 Å². The summed E-state index contributed by atoms with van der Waals surface area (Å²) in [7, 11) is 6.79. The van der Waals surface area contributed by atoms with Crippen molar-refractivity contribution >= 4 is 66.7 Å². The van der Waals surface area contributed by atoms with Crippen molar-refractivity contribution in [3.05, 3.63) is 107 Å². The highest BCUT2D eigenvalue weighted by Crippen LogP contribution is 2.53. The summed E-state index contributed by atoms with van der Waals surface area (Å²) in [6.45, 7) is 24.8. The Morgan fingerprint density at radius 3 is 1.18 bits per heavy atom. The van der Waals surface area contributed by atoms with Gasteiger partial charge in [0.15, 0.2) is 0 Å². The van der Waals surface area contributed by atoms with Crippen LogP contribution in [-0.4, -0.2) is 183 Å². The Bertz CT molecular complexity index is 3240. The Hall–Kier alpha value is -5.55. The van der Waals surface area contributed by atoms with E-state index in [0.29, 0.717) is 75.1 Å². The third-order valence-electron chi connectivity index (χ3n) is 22.0. The third kappa shape index (κ3) is 9.75. The van der Waals surface area contributed by atoms with Crippen molar-refractivity contribution in [1.82, 2.24) is 59.1 Å². The molecular weight excluding hydrogens is 1100 g/mol. The van der Waals surface area contributed by atoms with E-state index in [2.05, 4.69) is 210 Å². The maximum Gasteiger partial charge on any atom is 0.317 e. The lowest BCUT2D eigenvalue weighted by molar-refractivity contribution is 0.112. The molecule has 15 nitrogen and oxygen atoms in total. The van der Waals surface area contributed by atoms with Crippen molar-refractivity contribution in [3.8, 4) is 0 Å². The molecule has 3 N–H and O–H groups in total. The summed E-state index contributed by atoms with van der Waals surface area (Å²) in [6, 6.07) is 22.5. The zero-order valence-corrected chi connectivity index (χ0v) is 53.0. The molecule has 0 spiro atoms. The number of carbonyl (C=O) groups excluding carboxylic acids is 3. The number of nitrogens with zero attached hydrogens (tertiary/aromatic N) is 9. The smallest absolute Gasteiger partial charge is 0.317 e. The molecule has 0 bridgehead atoms. The van der Waals surface area contributed by atoms with Crippen LogP contribution in [0.2, 0.25) is 0 Å². The first-order chi connectivity index (χ1) is 40.1. The van der Waals surface area contributed by atoms with Crippen LogP contribution in [0.25, 0.3) is 32.7 Å². The molecule has 12 rings (SSSR count). The molecule has 3 saturated heterocycles. The van der Waals surface area contributed by atoms with Gasteiger partial charge in [0.2, 0.25) is 0 Å². The molecule has 0 saturated carbocycles. The molecule has 3 aromatic heterocycles. The van der Waals surface area contributed by atoms with Gasteiger partial charge < -0.3 is 59.1 Å². The highest BCUT2D eigenvalue weighted by Gasteiger charge is 2.49. The average molecular weight is 1190 g/mol. The minimum absolute atomic E-state index is 0.0264. The Labute approximate surface area is 501 Å². The molecule has 8 unspecified atom stereocenters. The first-order valence-corrected chi connectivity index (χ1v) is 32.9. The van der Waals surface area contributed by atoms with Gasteiger partial charge in [-0.15, -0.1) is 0 Å². The SMILES string of the molecule is CCN(CC)C(=O)NC1CC2c3cccc4c3c(cn4CC(CBr)(C(C)n3cc4c5c(cccc53)C3CC(NC(=O)N(CC)CC)CN(C)[C@@H]3C4)C(C)n3cc4c5c(cccc53)C3CC(NC(=O)N(CC)CC)CN(C)[C@@H]3C4)C[C@H]2N(C)C1. The summed E-state index contributed by atoms with van der Waals surface area (Å²) in [4.78, 5) is 53.7. The molecule has 3 aliphatic heterocycles. The van der Waals surface area contributed by atoms with Crippen LogP contribution in [0.15, 0.2) is 73.2 Å². The monoisotopic (exact) mass is 1190 g/mol. The van der Waals surface area contributed by atoms with Crippen LogP contribution in [0.5, 0.6) is 0 Å². The van der Waals surface area contributed by atoms with E-state index in [0.717, 1.165) is 70.0 Å². The molecule has 83 heavy (non-hydrogen) atoms. The van der Waals surface area contributed by atoms with E-state index in [1.165, 1.54) is 66.1 Å². The first-order valence-electron chi connectivity index (χ1n) is 31.8. The van der Waals surface area contributed by atoms with Gasteiger partial charge in [-0.2, -0.15) is 0 Å². The number of hydrogen-bond donors (Lipinski definition) is 3. The predicted octanol–water partition coefficient (Wildman–Crippen LogP) is 10.7. The first kappa shape index (κ1) is 57.9. The van der Waals surface area contributed by atoms with Crippen LogP contribution in [0.4, 0.5) is 14.4 Å². The van der Waals surface area contributed by atoms with Crippen molar-refractivity contribution in [2.75, 3.05) is 85.4 Å². The molecule has 6 amide bonds. The van der Waals surface area contributed by atoms with Gasteiger partial charge in [-0.25, -0.2) is 14.4 Å². The molecule has 16 heteroatoms. The summed E-state index contributed by atoms with van der Waals surface area (Å²) in [5.74, 6) is 0.900. The third-order valence-corrected chi connectivity index (χ3v) is 23.1. The molecule has 3 fully saturated rings. The maximum atomic E-state index is 13.5. The van der Waals surface area contributed by atoms with Gasteiger partial charge in [0, 0.05) is 194 Å². The highest BCUT2D eigenvalue weighted by atomic mass is 79.9.